The molecule has 1 aromatic heterocycles. The second kappa shape index (κ2) is 8.02. The van der Waals surface area contributed by atoms with Gasteiger partial charge in [-0.25, -0.2) is 0 Å². The number of hydrogen-bond acceptors (Lipinski definition) is 3. The van der Waals surface area contributed by atoms with Gasteiger partial charge in [0.1, 0.15) is 0 Å². The van der Waals surface area contributed by atoms with Crippen LogP contribution < -0.4 is 5.32 Å². The van der Waals surface area contributed by atoms with Crippen LogP contribution >= 0.6 is 0 Å². The Balaban J connectivity index is 2.28. The zero-order valence-corrected chi connectivity index (χ0v) is 10.9. The van der Waals surface area contributed by atoms with E-state index in [1.54, 1.807) is 24.5 Å². The number of nitrogens with one attached hydrogen (secondary N) is 1. The van der Waals surface area contributed by atoms with Crippen LogP contribution in [-0.2, 0) is 9.59 Å². The lowest BCUT2D eigenvalue weighted by Gasteiger charge is -2.09. The van der Waals surface area contributed by atoms with Crippen molar-refractivity contribution in [1.82, 2.24) is 10.3 Å². The Morgan fingerprint density at radius 2 is 2.32 bits per heavy atom. The average molecular weight is 262 g/mol. The molecule has 19 heavy (non-hydrogen) atoms. The Hall–Kier alpha value is -2.17. The van der Waals surface area contributed by atoms with E-state index in [4.69, 9.17) is 5.11 Å². The van der Waals surface area contributed by atoms with Crippen molar-refractivity contribution in [2.24, 2.45) is 5.92 Å². The summed E-state index contributed by atoms with van der Waals surface area (Å²) in [6.07, 6.45) is 7.15. The summed E-state index contributed by atoms with van der Waals surface area (Å²) >= 11 is 0. The van der Waals surface area contributed by atoms with Crippen LogP contribution in [0.5, 0.6) is 0 Å². The maximum absolute atomic E-state index is 11.5. The van der Waals surface area contributed by atoms with Gasteiger partial charge in [0.25, 0.3) is 0 Å². The number of pyridine rings is 1. The maximum Gasteiger partial charge on any atom is 0.303 e. The zero-order valence-electron chi connectivity index (χ0n) is 10.9. The molecule has 0 aromatic carbocycles. The fraction of sp³-hybridized carbons (Fsp3) is 0.357. The number of carbonyl (C=O) groups excluding carboxylic acids is 1. The highest BCUT2D eigenvalue weighted by Crippen LogP contribution is 2.04. The molecule has 0 radical (unpaired) electrons. The Bertz CT molecular complexity index is 443. The lowest BCUT2D eigenvalue weighted by molar-refractivity contribution is -0.137. The summed E-state index contributed by atoms with van der Waals surface area (Å²) in [5, 5.41) is 11.3. The summed E-state index contributed by atoms with van der Waals surface area (Å²) in [7, 11) is 0. The molecule has 0 saturated heterocycles. The fourth-order valence-electron chi connectivity index (χ4n) is 1.45. The van der Waals surface area contributed by atoms with Crippen molar-refractivity contribution in [2.45, 2.75) is 19.8 Å². The van der Waals surface area contributed by atoms with Gasteiger partial charge in [0.15, 0.2) is 0 Å². The first kappa shape index (κ1) is 14.9. The van der Waals surface area contributed by atoms with Gasteiger partial charge in [0, 0.05) is 31.4 Å². The molecule has 5 nitrogen and oxygen atoms in total. The van der Waals surface area contributed by atoms with E-state index in [1.165, 1.54) is 6.08 Å². The van der Waals surface area contributed by atoms with Gasteiger partial charge in [0.05, 0.1) is 0 Å². The van der Waals surface area contributed by atoms with E-state index >= 15 is 0 Å². The minimum absolute atomic E-state index is 0.128. The average Bonchev–Trinajstić information content (AvgIpc) is 2.41. The van der Waals surface area contributed by atoms with Gasteiger partial charge in [-0.15, -0.1) is 0 Å². The molecule has 0 aliphatic carbocycles. The Kier molecular flexibility index (Phi) is 6.29. The van der Waals surface area contributed by atoms with Gasteiger partial charge in [0.2, 0.25) is 5.91 Å². The molecular weight excluding hydrogens is 244 g/mol. The van der Waals surface area contributed by atoms with E-state index in [0.717, 1.165) is 5.56 Å². The van der Waals surface area contributed by atoms with Crippen molar-refractivity contribution in [3.63, 3.8) is 0 Å². The molecule has 0 saturated carbocycles. The molecule has 0 aliphatic heterocycles. The Labute approximate surface area is 112 Å². The van der Waals surface area contributed by atoms with Crippen molar-refractivity contribution in [1.29, 1.82) is 0 Å². The third-order valence-corrected chi connectivity index (χ3v) is 2.59. The van der Waals surface area contributed by atoms with Crippen LogP contribution in [0.1, 0.15) is 25.3 Å². The summed E-state index contributed by atoms with van der Waals surface area (Å²) in [6, 6.07) is 3.65. The van der Waals surface area contributed by atoms with Gasteiger partial charge < -0.3 is 10.4 Å². The van der Waals surface area contributed by atoms with Crippen LogP contribution in [0.2, 0.25) is 0 Å². The number of carbonyl (C=O) groups is 2. The highest BCUT2D eigenvalue weighted by atomic mass is 16.4. The summed E-state index contributed by atoms with van der Waals surface area (Å²) in [6.45, 7) is 2.39. The Morgan fingerprint density at radius 3 is 2.95 bits per heavy atom. The van der Waals surface area contributed by atoms with E-state index in [1.807, 2.05) is 13.0 Å². The molecule has 102 valence electrons. The zero-order chi connectivity index (χ0) is 14.1. The van der Waals surface area contributed by atoms with E-state index in [2.05, 4.69) is 10.3 Å². The lowest BCUT2D eigenvalue weighted by atomic mass is 10.1. The Morgan fingerprint density at radius 1 is 1.53 bits per heavy atom. The largest absolute Gasteiger partial charge is 0.481 e. The van der Waals surface area contributed by atoms with Crippen molar-refractivity contribution < 1.29 is 14.7 Å². The summed E-state index contributed by atoms with van der Waals surface area (Å²) in [4.78, 5) is 25.9. The van der Waals surface area contributed by atoms with Gasteiger partial charge in [-0.05, 0) is 30.0 Å². The maximum atomic E-state index is 11.5. The lowest BCUT2D eigenvalue weighted by Crippen LogP contribution is -2.26. The van der Waals surface area contributed by atoms with Crippen molar-refractivity contribution >= 4 is 18.0 Å². The van der Waals surface area contributed by atoms with Crippen molar-refractivity contribution in [3.8, 4) is 0 Å². The standard InChI is InChI=1S/C14H18N2O3/c1-11(4-7-14(18)19)9-16-13(17)6-5-12-3-2-8-15-10-12/h2-3,5-6,8,10-11H,4,7,9H2,1H3,(H,16,17)(H,18,19)/b6-5+. The van der Waals surface area contributed by atoms with E-state index in [0.29, 0.717) is 13.0 Å². The topological polar surface area (TPSA) is 79.3 Å². The molecule has 1 heterocycles. The quantitative estimate of drug-likeness (QED) is 0.733. The number of nitrogens with zero attached hydrogens (tertiary/aromatic N) is 1. The fourth-order valence-corrected chi connectivity index (χ4v) is 1.45. The predicted octanol–water partition coefficient (Wildman–Crippen LogP) is 1.71. The van der Waals surface area contributed by atoms with Crippen molar-refractivity contribution in [3.05, 3.63) is 36.2 Å². The number of carboxylic acids is 1. The number of carboxylic acid groups (broad SMARTS) is 1. The molecule has 1 unspecified atom stereocenters. The van der Waals surface area contributed by atoms with Crippen LogP contribution in [-0.4, -0.2) is 28.5 Å². The normalized spacial score (nSPS) is 12.3. The van der Waals surface area contributed by atoms with Crippen LogP contribution in [0.3, 0.4) is 0 Å². The van der Waals surface area contributed by atoms with Gasteiger partial charge >= 0.3 is 5.97 Å². The highest BCUT2D eigenvalue weighted by Gasteiger charge is 2.06. The minimum Gasteiger partial charge on any atom is -0.481 e. The van der Waals surface area contributed by atoms with Crippen molar-refractivity contribution in [2.75, 3.05) is 6.54 Å². The van der Waals surface area contributed by atoms with Crippen LogP contribution in [0.4, 0.5) is 0 Å². The number of rotatable bonds is 7. The molecular formula is C14H18N2O3. The molecule has 1 aromatic rings. The SMILES string of the molecule is CC(CCC(=O)O)CNC(=O)/C=C/c1cccnc1. The molecule has 1 amide bonds. The second-order valence-corrected chi connectivity index (χ2v) is 4.40. The molecule has 5 heteroatoms. The third-order valence-electron chi connectivity index (χ3n) is 2.59. The van der Waals surface area contributed by atoms with Crippen LogP contribution in [0.25, 0.3) is 6.08 Å². The van der Waals surface area contributed by atoms with Crippen LogP contribution in [0, 0.1) is 5.92 Å². The predicted molar refractivity (Wildman–Crippen MR) is 72.3 cm³/mol. The molecule has 1 rings (SSSR count). The van der Waals surface area contributed by atoms with Gasteiger partial charge in [-0.2, -0.15) is 0 Å². The summed E-state index contributed by atoms with van der Waals surface area (Å²) < 4.78 is 0. The molecule has 0 spiro atoms. The van der Waals surface area contributed by atoms with Crippen LogP contribution in [0.15, 0.2) is 30.6 Å². The number of aromatic nitrogens is 1. The summed E-state index contributed by atoms with van der Waals surface area (Å²) in [5.74, 6) is -0.854. The van der Waals surface area contributed by atoms with E-state index in [-0.39, 0.29) is 18.2 Å². The monoisotopic (exact) mass is 262 g/mol. The van der Waals surface area contributed by atoms with Gasteiger partial charge in [-0.3, -0.25) is 14.6 Å². The molecule has 0 aliphatic rings. The number of hydrogen-bond donors (Lipinski definition) is 2. The summed E-state index contributed by atoms with van der Waals surface area (Å²) in [5.41, 5.74) is 0.858. The van der Waals surface area contributed by atoms with Gasteiger partial charge in [-0.1, -0.05) is 13.0 Å². The molecule has 2 N–H and O–H groups in total. The molecule has 0 fully saturated rings. The first-order valence-electron chi connectivity index (χ1n) is 6.15. The number of aliphatic carboxylic acids is 1. The number of amides is 1. The smallest absolute Gasteiger partial charge is 0.303 e. The molecule has 1 atom stereocenters. The minimum atomic E-state index is -0.811. The highest BCUT2D eigenvalue weighted by molar-refractivity contribution is 5.91. The van der Waals surface area contributed by atoms with E-state index in [9.17, 15) is 9.59 Å². The second-order valence-electron chi connectivity index (χ2n) is 4.40. The van der Waals surface area contributed by atoms with E-state index < -0.39 is 5.97 Å². The molecule has 0 bridgehead atoms. The third kappa shape index (κ3) is 6.98. The first-order chi connectivity index (χ1) is 9.08. The first-order valence-corrected chi connectivity index (χ1v) is 6.15.